The Bertz CT molecular complexity index is 872. The van der Waals surface area contributed by atoms with Gasteiger partial charge in [0.15, 0.2) is 15.8 Å². The Balaban J connectivity index is 0.00000450. The van der Waals surface area contributed by atoms with Gasteiger partial charge in [-0.3, -0.25) is 4.99 Å². The van der Waals surface area contributed by atoms with Crippen molar-refractivity contribution in [2.24, 2.45) is 4.99 Å². The monoisotopic (exact) mass is 545 g/mol. The minimum Gasteiger partial charge on any atom is -0.494 e. The molecule has 0 heterocycles. The van der Waals surface area contributed by atoms with E-state index >= 15 is 0 Å². The number of nitrogens with one attached hydrogen (secondary N) is 1. The molecule has 30 heavy (non-hydrogen) atoms. The maximum atomic E-state index is 12.4. The topological polar surface area (TPSA) is 71.0 Å². The van der Waals surface area contributed by atoms with Crippen molar-refractivity contribution in [2.45, 2.75) is 31.7 Å². The third-order valence-electron chi connectivity index (χ3n) is 4.29. The van der Waals surface area contributed by atoms with E-state index in [1.807, 2.05) is 56.1 Å². The molecule has 2 aromatic carbocycles. The predicted molar refractivity (Wildman–Crippen MR) is 134 cm³/mol. The van der Waals surface area contributed by atoms with E-state index in [1.54, 1.807) is 24.3 Å². The Morgan fingerprint density at radius 1 is 1.07 bits per heavy atom. The summed E-state index contributed by atoms with van der Waals surface area (Å²) in [5.41, 5.74) is 1.15. The lowest BCUT2D eigenvalue weighted by atomic mass is 10.2. The molecule has 0 saturated carbocycles. The number of rotatable bonds is 10. The van der Waals surface area contributed by atoms with Crippen LogP contribution >= 0.6 is 24.0 Å². The van der Waals surface area contributed by atoms with Crippen molar-refractivity contribution >= 4 is 39.8 Å². The maximum Gasteiger partial charge on any atom is 0.193 e. The van der Waals surface area contributed by atoms with E-state index in [0.29, 0.717) is 31.0 Å². The number of hydrogen-bond acceptors (Lipinski definition) is 4. The summed E-state index contributed by atoms with van der Waals surface area (Å²) >= 11 is 0. The second kappa shape index (κ2) is 13.5. The average Bonchev–Trinajstić information content (AvgIpc) is 2.72. The molecule has 0 aliphatic rings. The van der Waals surface area contributed by atoms with Gasteiger partial charge in [-0.2, -0.15) is 0 Å². The summed E-state index contributed by atoms with van der Waals surface area (Å²) in [5.74, 6) is 1.71. The van der Waals surface area contributed by atoms with Crippen molar-refractivity contribution in [3.8, 4) is 5.75 Å². The predicted octanol–water partition coefficient (Wildman–Crippen LogP) is 3.96. The molecule has 1 N–H and O–H groups in total. The van der Waals surface area contributed by atoms with E-state index in [2.05, 4.69) is 10.3 Å². The summed E-state index contributed by atoms with van der Waals surface area (Å²) < 4.78 is 30.2. The molecule has 2 rings (SSSR count). The highest BCUT2D eigenvalue weighted by molar-refractivity contribution is 14.0. The molecule has 2 aromatic rings. The Hall–Kier alpha value is -1.81. The molecule has 0 bridgehead atoms. The van der Waals surface area contributed by atoms with Gasteiger partial charge in [-0.05, 0) is 50.1 Å². The lowest BCUT2D eigenvalue weighted by Crippen LogP contribution is -2.38. The van der Waals surface area contributed by atoms with Crippen LogP contribution in [0.3, 0.4) is 0 Å². The minimum absolute atomic E-state index is 0. The maximum absolute atomic E-state index is 12.4. The summed E-state index contributed by atoms with van der Waals surface area (Å²) in [6, 6.07) is 16.6. The van der Waals surface area contributed by atoms with E-state index < -0.39 is 9.84 Å². The summed E-state index contributed by atoms with van der Waals surface area (Å²) in [6.07, 6.45) is 0.475. The molecule has 166 valence electrons. The Labute approximate surface area is 197 Å². The number of aliphatic imine (C=N–C) groups is 1. The van der Waals surface area contributed by atoms with E-state index in [9.17, 15) is 8.42 Å². The Morgan fingerprint density at radius 3 is 2.33 bits per heavy atom. The van der Waals surface area contributed by atoms with Crippen molar-refractivity contribution in [2.75, 3.05) is 32.5 Å². The lowest BCUT2D eigenvalue weighted by Gasteiger charge is -2.22. The molecular weight excluding hydrogens is 513 g/mol. The summed E-state index contributed by atoms with van der Waals surface area (Å²) in [5, 5.41) is 3.27. The van der Waals surface area contributed by atoms with Gasteiger partial charge in [-0.15, -0.1) is 24.0 Å². The fraction of sp³-hybridized carbons (Fsp3) is 0.409. The van der Waals surface area contributed by atoms with Gasteiger partial charge in [0, 0.05) is 26.7 Å². The molecule has 0 saturated heterocycles. The van der Waals surface area contributed by atoms with Crippen LogP contribution in [0, 0.1) is 0 Å². The molecule has 0 unspecified atom stereocenters. The van der Waals surface area contributed by atoms with Crippen molar-refractivity contribution in [1.29, 1.82) is 0 Å². The van der Waals surface area contributed by atoms with E-state index in [0.717, 1.165) is 23.8 Å². The van der Waals surface area contributed by atoms with E-state index in [-0.39, 0.29) is 29.7 Å². The summed E-state index contributed by atoms with van der Waals surface area (Å²) in [6.45, 7) is 6.51. The number of nitrogens with zero attached hydrogens (tertiary/aromatic N) is 2. The summed E-state index contributed by atoms with van der Waals surface area (Å²) in [4.78, 5) is 6.99. The van der Waals surface area contributed by atoms with Gasteiger partial charge in [-0.25, -0.2) is 8.42 Å². The van der Waals surface area contributed by atoms with Crippen molar-refractivity contribution in [1.82, 2.24) is 10.2 Å². The molecule has 0 atom stereocenters. The molecule has 0 radical (unpaired) electrons. The largest absolute Gasteiger partial charge is 0.494 e. The van der Waals surface area contributed by atoms with Gasteiger partial charge in [-0.1, -0.05) is 30.3 Å². The molecule has 0 amide bonds. The smallest absolute Gasteiger partial charge is 0.193 e. The van der Waals surface area contributed by atoms with Crippen LogP contribution in [0.5, 0.6) is 5.75 Å². The Morgan fingerprint density at radius 2 is 1.73 bits per heavy atom. The van der Waals surface area contributed by atoms with E-state index in [4.69, 9.17) is 4.74 Å². The van der Waals surface area contributed by atoms with Gasteiger partial charge in [0.1, 0.15) is 5.75 Å². The molecule has 6 nitrogen and oxygen atoms in total. The standard InChI is InChI=1S/C22H31N3O3S.HI/c1-4-23-22(25(3)18-19-12-14-20(15-13-19)28-5-2)24-16-9-17-29(26,27)21-10-7-6-8-11-21;/h6-8,10-15H,4-5,9,16-18H2,1-3H3,(H,23,24);1H. The SMILES string of the molecule is CCNC(=NCCCS(=O)(=O)c1ccccc1)N(C)Cc1ccc(OCC)cc1.I. The first-order valence-corrected chi connectivity index (χ1v) is 11.6. The van der Waals surface area contributed by atoms with Crippen molar-refractivity contribution in [3.63, 3.8) is 0 Å². The number of halogens is 1. The van der Waals surface area contributed by atoms with E-state index in [1.165, 1.54) is 0 Å². The fourth-order valence-electron chi connectivity index (χ4n) is 2.86. The van der Waals surface area contributed by atoms with Crippen LogP contribution in [0.4, 0.5) is 0 Å². The first-order valence-electron chi connectivity index (χ1n) is 9.95. The highest BCUT2D eigenvalue weighted by Crippen LogP contribution is 2.14. The molecule has 8 heteroatoms. The van der Waals surface area contributed by atoms with Crippen LogP contribution in [0.25, 0.3) is 0 Å². The molecule has 0 aromatic heterocycles. The molecular formula is C22H32IN3O3S. The number of guanidine groups is 1. The third kappa shape index (κ3) is 8.51. The van der Waals surface area contributed by atoms with Crippen LogP contribution in [-0.2, 0) is 16.4 Å². The number of hydrogen-bond donors (Lipinski definition) is 1. The second-order valence-electron chi connectivity index (χ2n) is 6.65. The highest BCUT2D eigenvalue weighted by atomic mass is 127. The van der Waals surface area contributed by atoms with Crippen LogP contribution in [-0.4, -0.2) is 51.8 Å². The van der Waals surface area contributed by atoms with Gasteiger partial charge in [0.25, 0.3) is 0 Å². The zero-order valence-corrected chi connectivity index (χ0v) is 21.0. The minimum atomic E-state index is -3.26. The van der Waals surface area contributed by atoms with Gasteiger partial charge in [0.05, 0.1) is 17.3 Å². The van der Waals surface area contributed by atoms with Crippen LogP contribution < -0.4 is 10.1 Å². The van der Waals surface area contributed by atoms with Crippen molar-refractivity contribution < 1.29 is 13.2 Å². The third-order valence-corrected chi connectivity index (χ3v) is 6.10. The van der Waals surface area contributed by atoms with Gasteiger partial charge >= 0.3 is 0 Å². The van der Waals surface area contributed by atoms with Crippen molar-refractivity contribution in [3.05, 3.63) is 60.2 Å². The second-order valence-corrected chi connectivity index (χ2v) is 8.76. The first-order chi connectivity index (χ1) is 14.0. The average molecular weight is 545 g/mol. The Kier molecular flexibility index (Phi) is 11.8. The molecule has 0 fully saturated rings. The van der Waals surface area contributed by atoms with Gasteiger partial charge < -0.3 is 15.0 Å². The van der Waals surface area contributed by atoms with Crippen LogP contribution in [0.15, 0.2) is 64.5 Å². The normalized spacial score (nSPS) is 11.5. The highest BCUT2D eigenvalue weighted by Gasteiger charge is 2.13. The molecule has 0 aliphatic heterocycles. The number of ether oxygens (including phenoxy) is 1. The fourth-order valence-corrected chi connectivity index (χ4v) is 4.18. The molecule has 0 spiro atoms. The summed E-state index contributed by atoms with van der Waals surface area (Å²) in [7, 11) is -1.29. The number of benzene rings is 2. The first kappa shape index (κ1) is 26.2. The number of sulfone groups is 1. The zero-order chi connectivity index (χ0) is 21.1. The quantitative estimate of drug-likeness (QED) is 0.212. The van der Waals surface area contributed by atoms with Gasteiger partial charge in [0.2, 0.25) is 0 Å². The zero-order valence-electron chi connectivity index (χ0n) is 17.9. The van der Waals surface area contributed by atoms with Crippen LogP contribution in [0.2, 0.25) is 0 Å². The lowest BCUT2D eigenvalue weighted by molar-refractivity contribution is 0.340. The van der Waals surface area contributed by atoms with Crippen LogP contribution in [0.1, 0.15) is 25.8 Å². The molecule has 0 aliphatic carbocycles.